The number of sulfone groups is 1. The number of carbonyl (C=O) groups excluding carboxylic acids is 1. The lowest BCUT2D eigenvalue weighted by atomic mass is 10.2. The Labute approximate surface area is 152 Å². The smallest absolute Gasteiger partial charge is 0.225 e. The molecular weight excluding hydrogens is 354 g/mol. The molecule has 1 aliphatic heterocycles. The van der Waals surface area contributed by atoms with E-state index in [4.69, 9.17) is 5.73 Å². The van der Waals surface area contributed by atoms with Gasteiger partial charge in [-0.3, -0.25) is 9.69 Å². The van der Waals surface area contributed by atoms with E-state index in [1.54, 1.807) is 4.68 Å². The van der Waals surface area contributed by atoms with Crippen LogP contribution in [0.15, 0.2) is 30.3 Å². The highest BCUT2D eigenvalue weighted by Crippen LogP contribution is 2.18. The number of nitrogens with zero attached hydrogens (tertiary/aromatic N) is 4. The van der Waals surface area contributed by atoms with Crippen molar-refractivity contribution in [3.05, 3.63) is 47.5 Å². The zero-order valence-electron chi connectivity index (χ0n) is 14.7. The summed E-state index contributed by atoms with van der Waals surface area (Å²) in [6.45, 7) is 0.984. The van der Waals surface area contributed by atoms with Gasteiger partial charge in [-0.2, -0.15) is 5.10 Å². The second-order valence-corrected chi connectivity index (χ2v) is 8.93. The first kappa shape index (κ1) is 18.5. The molecule has 0 saturated carbocycles. The van der Waals surface area contributed by atoms with Crippen molar-refractivity contribution in [1.29, 1.82) is 0 Å². The monoisotopic (exact) mass is 377 g/mol. The minimum atomic E-state index is -2.95. The third-order valence-electron chi connectivity index (χ3n) is 4.52. The predicted octanol–water partition coefficient (Wildman–Crippen LogP) is -0.0269. The van der Waals surface area contributed by atoms with E-state index in [2.05, 4.69) is 10.1 Å². The Kier molecular flexibility index (Phi) is 5.38. The first-order chi connectivity index (χ1) is 12.3. The molecule has 1 aromatic carbocycles. The standard InChI is InChI=1S/C17H23N5O3S/c1-21(14-7-8-26(24,25)12-14)11-17-19-16(9-15(18)23)20-22(17)10-13-5-3-2-4-6-13/h2-6,14H,7-12H2,1H3,(H2,18,23)/t14-/m1/s1. The minimum Gasteiger partial charge on any atom is -0.369 e. The highest BCUT2D eigenvalue weighted by molar-refractivity contribution is 7.91. The summed E-state index contributed by atoms with van der Waals surface area (Å²) in [7, 11) is -1.06. The third kappa shape index (κ3) is 4.67. The van der Waals surface area contributed by atoms with Gasteiger partial charge in [0.2, 0.25) is 5.91 Å². The Morgan fingerprint density at radius 2 is 2.08 bits per heavy atom. The van der Waals surface area contributed by atoms with Crippen LogP contribution >= 0.6 is 0 Å². The maximum atomic E-state index is 11.7. The molecule has 140 valence electrons. The Morgan fingerprint density at radius 1 is 1.35 bits per heavy atom. The average molecular weight is 377 g/mol. The molecule has 8 nitrogen and oxygen atoms in total. The molecule has 2 aromatic rings. The lowest BCUT2D eigenvalue weighted by Crippen LogP contribution is -2.33. The second-order valence-electron chi connectivity index (χ2n) is 6.70. The molecule has 1 saturated heterocycles. The molecule has 0 unspecified atom stereocenters. The van der Waals surface area contributed by atoms with Crippen molar-refractivity contribution < 1.29 is 13.2 Å². The van der Waals surface area contributed by atoms with Crippen LogP contribution in [-0.4, -0.2) is 58.6 Å². The Balaban J connectivity index is 1.79. The van der Waals surface area contributed by atoms with Crippen LogP contribution < -0.4 is 5.73 Å². The summed E-state index contributed by atoms with van der Waals surface area (Å²) in [4.78, 5) is 17.7. The van der Waals surface area contributed by atoms with Gasteiger partial charge in [0.1, 0.15) is 5.82 Å². The fraction of sp³-hybridized carbons (Fsp3) is 0.471. The number of hydrogen-bond donors (Lipinski definition) is 1. The molecule has 1 amide bonds. The number of carbonyl (C=O) groups is 1. The summed E-state index contributed by atoms with van der Waals surface area (Å²) in [5.74, 6) is 0.993. The molecule has 2 heterocycles. The van der Waals surface area contributed by atoms with Crippen LogP contribution in [0.25, 0.3) is 0 Å². The minimum absolute atomic E-state index is 0.0175. The van der Waals surface area contributed by atoms with Crippen LogP contribution in [0.3, 0.4) is 0 Å². The van der Waals surface area contributed by atoms with Crippen molar-refractivity contribution in [2.45, 2.75) is 32.0 Å². The maximum Gasteiger partial charge on any atom is 0.225 e. The van der Waals surface area contributed by atoms with Gasteiger partial charge < -0.3 is 5.73 Å². The number of primary amides is 1. The van der Waals surface area contributed by atoms with Crippen molar-refractivity contribution in [3.8, 4) is 0 Å². The number of amides is 1. The Hall–Kier alpha value is -2.26. The van der Waals surface area contributed by atoms with Crippen LogP contribution in [0.1, 0.15) is 23.6 Å². The molecule has 0 bridgehead atoms. The molecule has 3 rings (SSSR count). The van der Waals surface area contributed by atoms with Crippen LogP contribution in [0, 0.1) is 0 Å². The molecule has 26 heavy (non-hydrogen) atoms. The van der Waals surface area contributed by atoms with Gasteiger partial charge in [0.25, 0.3) is 0 Å². The van der Waals surface area contributed by atoms with Crippen molar-refractivity contribution in [2.24, 2.45) is 5.73 Å². The van der Waals surface area contributed by atoms with E-state index in [0.717, 1.165) is 5.56 Å². The molecule has 0 radical (unpaired) electrons. The summed E-state index contributed by atoms with van der Waals surface area (Å²) in [6, 6.07) is 9.80. The van der Waals surface area contributed by atoms with E-state index in [0.29, 0.717) is 31.2 Å². The van der Waals surface area contributed by atoms with Gasteiger partial charge in [-0.05, 0) is 19.0 Å². The topological polar surface area (TPSA) is 111 Å². The zero-order valence-corrected chi connectivity index (χ0v) is 15.5. The van der Waals surface area contributed by atoms with Crippen molar-refractivity contribution >= 4 is 15.7 Å². The lowest BCUT2D eigenvalue weighted by Gasteiger charge is -2.22. The highest BCUT2D eigenvalue weighted by Gasteiger charge is 2.31. The number of aromatic nitrogens is 3. The first-order valence-electron chi connectivity index (χ1n) is 8.48. The SMILES string of the molecule is CN(Cc1nc(CC(N)=O)nn1Cc1ccccc1)[C@@H]1CCS(=O)(=O)C1. The summed E-state index contributed by atoms with van der Waals surface area (Å²) < 4.78 is 25.2. The third-order valence-corrected chi connectivity index (χ3v) is 6.27. The van der Waals surface area contributed by atoms with E-state index in [-0.39, 0.29) is 24.0 Å². The van der Waals surface area contributed by atoms with E-state index in [9.17, 15) is 13.2 Å². The average Bonchev–Trinajstić information content (AvgIpc) is 3.11. The zero-order chi connectivity index (χ0) is 18.7. The molecule has 9 heteroatoms. The van der Waals surface area contributed by atoms with E-state index in [1.807, 2.05) is 42.3 Å². The fourth-order valence-corrected chi connectivity index (χ4v) is 4.94. The van der Waals surface area contributed by atoms with Crippen molar-refractivity contribution in [1.82, 2.24) is 19.7 Å². The molecule has 0 aliphatic carbocycles. The van der Waals surface area contributed by atoms with Gasteiger partial charge in [0.05, 0.1) is 31.0 Å². The number of nitrogens with two attached hydrogens (primary N) is 1. The molecule has 2 N–H and O–H groups in total. The maximum absolute atomic E-state index is 11.7. The fourth-order valence-electron chi connectivity index (χ4n) is 3.13. The lowest BCUT2D eigenvalue weighted by molar-refractivity contribution is -0.117. The van der Waals surface area contributed by atoms with Crippen LogP contribution in [0.5, 0.6) is 0 Å². The van der Waals surface area contributed by atoms with Gasteiger partial charge in [0, 0.05) is 6.04 Å². The van der Waals surface area contributed by atoms with E-state index in [1.165, 1.54) is 0 Å². The predicted molar refractivity (Wildman–Crippen MR) is 97.0 cm³/mol. The molecule has 1 fully saturated rings. The van der Waals surface area contributed by atoms with Gasteiger partial charge >= 0.3 is 0 Å². The van der Waals surface area contributed by atoms with Gasteiger partial charge in [-0.25, -0.2) is 18.1 Å². The molecule has 1 aliphatic rings. The van der Waals surface area contributed by atoms with Crippen molar-refractivity contribution in [3.63, 3.8) is 0 Å². The summed E-state index contributed by atoms with van der Waals surface area (Å²) >= 11 is 0. The number of benzene rings is 1. The molecule has 0 spiro atoms. The number of hydrogen-bond acceptors (Lipinski definition) is 6. The Bertz CT molecular complexity index is 879. The van der Waals surface area contributed by atoms with E-state index < -0.39 is 15.7 Å². The molecular formula is C17H23N5O3S. The number of rotatable bonds is 7. The van der Waals surface area contributed by atoms with Gasteiger partial charge in [-0.1, -0.05) is 30.3 Å². The highest BCUT2D eigenvalue weighted by atomic mass is 32.2. The molecule has 1 aromatic heterocycles. The van der Waals surface area contributed by atoms with Crippen LogP contribution in [-0.2, 0) is 34.1 Å². The first-order valence-corrected chi connectivity index (χ1v) is 10.3. The van der Waals surface area contributed by atoms with Crippen LogP contribution in [0.4, 0.5) is 0 Å². The molecule has 1 atom stereocenters. The largest absolute Gasteiger partial charge is 0.369 e. The van der Waals surface area contributed by atoms with Gasteiger partial charge in [-0.15, -0.1) is 0 Å². The van der Waals surface area contributed by atoms with E-state index >= 15 is 0 Å². The Morgan fingerprint density at radius 3 is 2.69 bits per heavy atom. The summed E-state index contributed by atoms with van der Waals surface area (Å²) in [5, 5.41) is 4.41. The summed E-state index contributed by atoms with van der Waals surface area (Å²) in [5.41, 5.74) is 6.33. The normalized spacial score (nSPS) is 19.1. The van der Waals surface area contributed by atoms with Crippen molar-refractivity contribution in [2.75, 3.05) is 18.6 Å². The second kappa shape index (κ2) is 7.55. The summed E-state index contributed by atoms with van der Waals surface area (Å²) in [6.07, 6.45) is 0.607. The van der Waals surface area contributed by atoms with Gasteiger partial charge in [0.15, 0.2) is 15.7 Å². The quantitative estimate of drug-likeness (QED) is 0.725. The van der Waals surface area contributed by atoms with Crippen LogP contribution in [0.2, 0.25) is 0 Å².